The van der Waals surface area contributed by atoms with Crippen LogP contribution in [0.3, 0.4) is 0 Å². The van der Waals surface area contributed by atoms with Gasteiger partial charge >= 0.3 is 6.09 Å². The van der Waals surface area contributed by atoms with Crippen LogP contribution in [0.2, 0.25) is 0 Å². The predicted molar refractivity (Wildman–Crippen MR) is 90.7 cm³/mol. The summed E-state index contributed by atoms with van der Waals surface area (Å²) in [5.74, 6) is 0.831. The first-order chi connectivity index (χ1) is 11.4. The van der Waals surface area contributed by atoms with E-state index >= 15 is 0 Å². The van der Waals surface area contributed by atoms with Crippen molar-refractivity contribution in [2.24, 2.45) is 5.92 Å². The number of likely N-dealkylation sites (tertiary alicyclic amines) is 1. The molecule has 6 nitrogen and oxygen atoms in total. The molecule has 1 aromatic rings. The summed E-state index contributed by atoms with van der Waals surface area (Å²) in [6.07, 6.45) is 6.26. The van der Waals surface area contributed by atoms with E-state index in [0.29, 0.717) is 6.54 Å². The summed E-state index contributed by atoms with van der Waals surface area (Å²) >= 11 is 0. The van der Waals surface area contributed by atoms with Crippen LogP contribution in [0, 0.1) is 5.92 Å². The Balaban J connectivity index is 1.58. The van der Waals surface area contributed by atoms with Crippen LogP contribution in [0.1, 0.15) is 51.4 Å². The predicted octanol–water partition coefficient (Wildman–Crippen LogP) is 2.51. The number of rotatable bonds is 2. The third kappa shape index (κ3) is 2.81. The number of amides is 1. The van der Waals surface area contributed by atoms with Gasteiger partial charge in [0.1, 0.15) is 5.60 Å². The van der Waals surface area contributed by atoms with Gasteiger partial charge in [-0.1, -0.05) is 0 Å². The van der Waals surface area contributed by atoms with Crippen molar-refractivity contribution in [3.8, 4) is 0 Å². The second-order valence-corrected chi connectivity index (χ2v) is 8.55. The number of carbonyl (C=O) groups is 1. The molecule has 1 unspecified atom stereocenters. The van der Waals surface area contributed by atoms with Gasteiger partial charge in [-0.3, -0.25) is 4.90 Å². The van der Waals surface area contributed by atoms with Crippen LogP contribution in [0.25, 0.3) is 0 Å². The summed E-state index contributed by atoms with van der Waals surface area (Å²) in [5, 5.41) is 0. The van der Waals surface area contributed by atoms with Gasteiger partial charge in [0, 0.05) is 38.3 Å². The van der Waals surface area contributed by atoms with Gasteiger partial charge in [0.15, 0.2) is 0 Å². The van der Waals surface area contributed by atoms with Crippen LogP contribution in [0.15, 0.2) is 6.33 Å². The van der Waals surface area contributed by atoms with Crippen molar-refractivity contribution in [2.75, 3.05) is 26.2 Å². The molecule has 0 radical (unpaired) electrons. The molecule has 3 heterocycles. The van der Waals surface area contributed by atoms with Gasteiger partial charge in [-0.25, -0.2) is 9.78 Å². The molecule has 0 bridgehead atoms. The van der Waals surface area contributed by atoms with Gasteiger partial charge in [0.25, 0.3) is 0 Å². The maximum atomic E-state index is 12.5. The lowest BCUT2D eigenvalue weighted by Crippen LogP contribution is -2.53. The molecule has 3 aliphatic rings. The first-order valence-electron chi connectivity index (χ1n) is 9.13. The van der Waals surface area contributed by atoms with E-state index in [4.69, 9.17) is 4.74 Å². The fraction of sp³-hybridized carbons (Fsp3) is 0.778. The van der Waals surface area contributed by atoms with Gasteiger partial charge in [0.05, 0.1) is 17.6 Å². The highest BCUT2D eigenvalue weighted by Gasteiger charge is 2.51. The van der Waals surface area contributed by atoms with E-state index in [1.807, 2.05) is 32.0 Å². The van der Waals surface area contributed by atoms with E-state index in [2.05, 4.69) is 14.9 Å². The fourth-order valence-electron chi connectivity index (χ4n) is 4.13. The zero-order valence-electron chi connectivity index (χ0n) is 15.0. The molecule has 4 rings (SSSR count). The third-order valence-electron chi connectivity index (χ3n) is 5.47. The van der Waals surface area contributed by atoms with Crippen molar-refractivity contribution < 1.29 is 9.53 Å². The van der Waals surface area contributed by atoms with Crippen molar-refractivity contribution >= 4 is 6.09 Å². The molecule has 2 fully saturated rings. The minimum Gasteiger partial charge on any atom is -0.444 e. The van der Waals surface area contributed by atoms with Crippen LogP contribution in [0.4, 0.5) is 4.79 Å². The van der Waals surface area contributed by atoms with E-state index < -0.39 is 5.60 Å². The number of hydrogen-bond acceptors (Lipinski definition) is 4. The molecule has 132 valence electrons. The molecule has 24 heavy (non-hydrogen) atoms. The largest absolute Gasteiger partial charge is 0.444 e. The number of H-pyrrole nitrogens is 1. The molecule has 2 aliphatic heterocycles. The second-order valence-electron chi connectivity index (χ2n) is 8.55. The Labute approximate surface area is 143 Å². The zero-order valence-corrected chi connectivity index (χ0v) is 15.0. The Morgan fingerprint density at radius 3 is 2.92 bits per heavy atom. The highest BCUT2D eigenvalue weighted by Crippen LogP contribution is 2.44. The summed E-state index contributed by atoms with van der Waals surface area (Å²) in [7, 11) is 0. The lowest BCUT2D eigenvalue weighted by Gasteiger charge is -2.44. The number of imidazole rings is 1. The van der Waals surface area contributed by atoms with Crippen molar-refractivity contribution in [1.29, 1.82) is 0 Å². The maximum absolute atomic E-state index is 12.5. The van der Waals surface area contributed by atoms with Crippen molar-refractivity contribution in [3.63, 3.8) is 0 Å². The van der Waals surface area contributed by atoms with E-state index in [9.17, 15) is 4.79 Å². The Morgan fingerprint density at radius 1 is 1.42 bits per heavy atom. The molecule has 1 aromatic heterocycles. The molecule has 0 aromatic carbocycles. The maximum Gasteiger partial charge on any atom is 0.410 e. The first-order valence-corrected chi connectivity index (χ1v) is 9.13. The van der Waals surface area contributed by atoms with Gasteiger partial charge < -0.3 is 14.6 Å². The number of hydrogen-bond donors (Lipinski definition) is 1. The molecule has 1 saturated heterocycles. The fourth-order valence-corrected chi connectivity index (χ4v) is 4.13. The smallest absolute Gasteiger partial charge is 0.410 e. The van der Waals surface area contributed by atoms with Gasteiger partial charge in [-0.2, -0.15) is 0 Å². The van der Waals surface area contributed by atoms with Crippen LogP contribution in [-0.4, -0.2) is 57.6 Å². The Hall–Kier alpha value is -1.56. The standard InChI is InChI=1S/C18H28N4O2/c1-17(2,3)24-16(23)21-9-7-18(11-21)15-14(19-12-20-15)6-8-22(18)10-13-4-5-13/h12-13H,4-11H2,1-3H3,(H,19,20). The van der Waals surface area contributed by atoms with E-state index in [0.717, 1.165) is 44.1 Å². The lowest BCUT2D eigenvalue weighted by molar-refractivity contribution is 0.0209. The molecule has 1 aliphatic carbocycles. The Kier molecular flexibility index (Phi) is 3.64. The monoisotopic (exact) mass is 332 g/mol. The van der Waals surface area contributed by atoms with Crippen LogP contribution >= 0.6 is 0 Å². The van der Waals surface area contributed by atoms with Crippen LogP contribution in [0.5, 0.6) is 0 Å². The van der Waals surface area contributed by atoms with E-state index in [1.165, 1.54) is 18.5 Å². The summed E-state index contributed by atoms with van der Waals surface area (Å²) < 4.78 is 5.59. The number of fused-ring (bicyclic) bond motifs is 2. The third-order valence-corrected chi connectivity index (χ3v) is 5.47. The van der Waals surface area contributed by atoms with Gasteiger partial charge in [-0.15, -0.1) is 0 Å². The minimum atomic E-state index is -0.454. The highest BCUT2D eigenvalue weighted by molar-refractivity contribution is 5.69. The summed E-state index contributed by atoms with van der Waals surface area (Å²) in [4.78, 5) is 25.0. The number of nitrogens with zero attached hydrogens (tertiary/aromatic N) is 3. The summed E-state index contributed by atoms with van der Waals surface area (Å²) in [6.45, 7) is 9.37. The van der Waals surface area contributed by atoms with Crippen molar-refractivity contribution in [2.45, 2.75) is 57.6 Å². The average Bonchev–Trinajstić information content (AvgIpc) is 3.00. The average molecular weight is 332 g/mol. The highest BCUT2D eigenvalue weighted by atomic mass is 16.6. The number of aromatic amines is 1. The van der Waals surface area contributed by atoms with E-state index in [1.54, 1.807) is 0 Å². The quantitative estimate of drug-likeness (QED) is 0.904. The molecule has 1 amide bonds. The molecule has 1 spiro atoms. The second kappa shape index (κ2) is 5.48. The number of carbonyl (C=O) groups excluding carboxylic acids is 1. The Morgan fingerprint density at radius 2 is 2.21 bits per heavy atom. The number of nitrogens with one attached hydrogen (secondary N) is 1. The molecular weight excluding hydrogens is 304 g/mol. The lowest BCUT2D eigenvalue weighted by atomic mass is 9.86. The molecule has 1 N–H and O–H groups in total. The van der Waals surface area contributed by atoms with Gasteiger partial charge in [-0.05, 0) is 46.0 Å². The summed E-state index contributed by atoms with van der Waals surface area (Å²) in [6, 6.07) is 0. The molecule has 6 heteroatoms. The first kappa shape index (κ1) is 15.9. The Bertz CT molecular complexity index is 631. The molecular formula is C18H28N4O2. The van der Waals surface area contributed by atoms with Crippen molar-refractivity contribution in [1.82, 2.24) is 19.8 Å². The number of aromatic nitrogens is 2. The van der Waals surface area contributed by atoms with Crippen molar-refractivity contribution in [3.05, 3.63) is 17.7 Å². The molecule has 1 saturated carbocycles. The minimum absolute atomic E-state index is 0.132. The van der Waals surface area contributed by atoms with Crippen LogP contribution < -0.4 is 0 Å². The summed E-state index contributed by atoms with van der Waals surface area (Å²) in [5.41, 5.74) is 1.81. The SMILES string of the molecule is CC(C)(C)OC(=O)N1CCC2(C1)c1nc[nH]c1CCN2CC1CC1. The van der Waals surface area contributed by atoms with E-state index in [-0.39, 0.29) is 11.6 Å². The van der Waals surface area contributed by atoms with Gasteiger partial charge in [0.2, 0.25) is 0 Å². The topological polar surface area (TPSA) is 61.5 Å². The number of ether oxygens (including phenoxy) is 1. The zero-order chi connectivity index (χ0) is 16.9. The normalized spacial score (nSPS) is 27.5. The molecule has 1 atom stereocenters. The van der Waals surface area contributed by atoms with Crippen LogP contribution in [-0.2, 0) is 16.7 Å².